The maximum atomic E-state index is 13.2. The Labute approximate surface area is 173 Å². The summed E-state index contributed by atoms with van der Waals surface area (Å²) in [5.74, 6) is -0.382. The van der Waals surface area contributed by atoms with E-state index in [9.17, 15) is 9.59 Å². The van der Waals surface area contributed by atoms with E-state index in [2.05, 4.69) is 4.98 Å². The second-order valence-corrected chi connectivity index (χ2v) is 7.02. The van der Waals surface area contributed by atoms with Crippen LogP contribution in [-0.2, 0) is 17.8 Å². The molecule has 0 unspecified atom stereocenters. The first kappa shape index (κ1) is 19.4. The molecule has 7 nitrogen and oxygen atoms in total. The van der Waals surface area contributed by atoms with E-state index < -0.39 is 5.97 Å². The fraction of sp³-hybridized carbons (Fsp3) is 0.174. The zero-order chi connectivity index (χ0) is 21.1. The average Bonchev–Trinajstić information content (AvgIpc) is 3.35. The second-order valence-electron chi connectivity index (χ2n) is 7.02. The molecule has 0 spiro atoms. The predicted molar refractivity (Wildman–Crippen MR) is 112 cm³/mol. The lowest BCUT2D eigenvalue weighted by atomic mass is 10.1. The van der Waals surface area contributed by atoms with E-state index >= 15 is 0 Å². The lowest BCUT2D eigenvalue weighted by Gasteiger charge is -2.10. The van der Waals surface area contributed by atoms with Crippen molar-refractivity contribution < 1.29 is 19.4 Å². The molecule has 30 heavy (non-hydrogen) atoms. The molecule has 2 heterocycles. The van der Waals surface area contributed by atoms with Crippen LogP contribution in [0.15, 0.2) is 67.3 Å². The molecule has 4 rings (SSSR count). The summed E-state index contributed by atoms with van der Waals surface area (Å²) < 4.78 is 9.28. The number of aryl methyl sites for hydroxylation is 1. The van der Waals surface area contributed by atoms with Crippen molar-refractivity contribution in [3.05, 3.63) is 84.1 Å². The number of fused-ring (bicyclic) bond motifs is 1. The third-order valence-electron chi connectivity index (χ3n) is 4.94. The van der Waals surface area contributed by atoms with Gasteiger partial charge in [-0.05, 0) is 48.9 Å². The standard InChI is InChI=1S/C23H21N3O4/c1-16-13-20-18(14-22(27)28)3-2-4-21(20)26(16)23(29)17-5-7-19(8-6-17)30-12-11-25-10-9-24-15-25/h2-10,13,15H,11-12,14H2,1H3,(H,27,28). The van der Waals surface area contributed by atoms with Gasteiger partial charge in [-0.15, -0.1) is 0 Å². The molecule has 0 amide bonds. The van der Waals surface area contributed by atoms with Crippen LogP contribution in [-0.4, -0.2) is 37.7 Å². The third kappa shape index (κ3) is 3.96. The minimum atomic E-state index is -0.900. The average molecular weight is 403 g/mol. The molecular weight excluding hydrogens is 382 g/mol. The molecule has 0 aliphatic carbocycles. The summed E-state index contributed by atoms with van der Waals surface area (Å²) in [7, 11) is 0. The third-order valence-corrected chi connectivity index (χ3v) is 4.94. The van der Waals surface area contributed by atoms with E-state index in [1.54, 1.807) is 53.5 Å². The molecule has 0 saturated heterocycles. The van der Waals surface area contributed by atoms with Crippen molar-refractivity contribution in [2.75, 3.05) is 6.61 Å². The summed E-state index contributed by atoms with van der Waals surface area (Å²) in [6.45, 7) is 3.03. The molecule has 152 valence electrons. The van der Waals surface area contributed by atoms with Gasteiger partial charge in [0.05, 0.1) is 24.8 Å². The minimum Gasteiger partial charge on any atom is -0.492 e. The first-order chi connectivity index (χ1) is 14.5. The van der Waals surface area contributed by atoms with Crippen LogP contribution >= 0.6 is 0 Å². The maximum Gasteiger partial charge on any atom is 0.307 e. The van der Waals surface area contributed by atoms with Crippen LogP contribution in [0.1, 0.15) is 21.6 Å². The number of carbonyl (C=O) groups is 2. The topological polar surface area (TPSA) is 86.4 Å². The molecule has 0 atom stereocenters. The van der Waals surface area contributed by atoms with E-state index in [1.807, 2.05) is 29.8 Å². The molecular formula is C23H21N3O4. The van der Waals surface area contributed by atoms with E-state index in [0.717, 1.165) is 11.1 Å². The Hall–Kier alpha value is -3.87. The van der Waals surface area contributed by atoms with Gasteiger partial charge in [0.1, 0.15) is 12.4 Å². The smallest absolute Gasteiger partial charge is 0.307 e. The number of ether oxygens (including phenoxy) is 1. The van der Waals surface area contributed by atoms with E-state index in [1.165, 1.54) is 0 Å². The van der Waals surface area contributed by atoms with Crippen LogP contribution in [0, 0.1) is 6.92 Å². The minimum absolute atomic E-state index is 0.0832. The zero-order valence-electron chi connectivity index (χ0n) is 16.5. The summed E-state index contributed by atoms with van der Waals surface area (Å²) in [5.41, 5.74) is 2.68. The van der Waals surface area contributed by atoms with Gasteiger partial charge in [-0.1, -0.05) is 12.1 Å². The van der Waals surface area contributed by atoms with Crippen LogP contribution in [0.5, 0.6) is 5.75 Å². The monoisotopic (exact) mass is 403 g/mol. The Bertz CT molecular complexity index is 1190. The van der Waals surface area contributed by atoms with Gasteiger partial charge in [0.25, 0.3) is 5.91 Å². The largest absolute Gasteiger partial charge is 0.492 e. The van der Waals surface area contributed by atoms with Crippen molar-refractivity contribution in [1.29, 1.82) is 0 Å². The molecule has 7 heteroatoms. The summed E-state index contributed by atoms with van der Waals surface area (Å²) in [6, 6.07) is 14.3. The first-order valence-corrected chi connectivity index (χ1v) is 9.58. The highest BCUT2D eigenvalue weighted by molar-refractivity contribution is 6.04. The molecule has 0 aliphatic rings. The van der Waals surface area contributed by atoms with Gasteiger partial charge in [-0.25, -0.2) is 4.98 Å². The Balaban J connectivity index is 1.53. The Kier molecular flexibility index (Phi) is 5.34. The van der Waals surface area contributed by atoms with Crippen molar-refractivity contribution in [3.8, 4) is 5.75 Å². The number of benzene rings is 2. The lowest BCUT2D eigenvalue weighted by Crippen LogP contribution is -2.13. The normalized spacial score (nSPS) is 11.0. The van der Waals surface area contributed by atoms with Gasteiger partial charge < -0.3 is 14.4 Å². The lowest BCUT2D eigenvalue weighted by molar-refractivity contribution is -0.136. The molecule has 2 aromatic heterocycles. The number of carboxylic acids is 1. The number of rotatable bonds is 7. The SMILES string of the molecule is Cc1cc2c(CC(=O)O)cccc2n1C(=O)c1ccc(OCCn2ccnc2)cc1. The summed E-state index contributed by atoms with van der Waals surface area (Å²) in [5, 5.41) is 9.92. The van der Waals surface area contributed by atoms with Crippen LogP contribution < -0.4 is 4.74 Å². The van der Waals surface area contributed by atoms with Crippen molar-refractivity contribution >= 4 is 22.8 Å². The molecule has 0 radical (unpaired) electrons. The highest BCUT2D eigenvalue weighted by Crippen LogP contribution is 2.25. The summed E-state index contributed by atoms with van der Waals surface area (Å²) in [4.78, 5) is 28.3. The second kappa shape index (κ2) is 8.24. The fourth-order valence-corrected chi connectivity index (χ4v) is 3.52. The molecule has 0 saturated carbocycles. The van der Waals surface area contributed by atoms with Gasteiger partial charge in [0.15, 0.2) is 0 Å². The number of hydrogen-bond acceptors (Lipinski definition) is 4. The van der Waals surface area contributed by atoms with Gasteiger partial charge in [0, 0.05) is 29.0 Å². The summed E-state index contributed by atoms with van der Waals surface area (Å²) >= 11 is 0. The van der Waals surface area contributed by atoms with Crippen molar-refractivity contribution in [1.82, 2.24) is 14.1 Å². The van der Waals surface area contributed by atoms with Crippen molar-refractivity contribution in [2.24, 2.45) is 0 Å². The number of carboxylic acid groups (broad SMARTS) is 1. The Morgan fingerprint density at radius 2 is 1.93 bits per heavy atom. The van der Waals surface area contributed by atoms with E-state index in [-0.39, 0.29) is 12.3 Å². The van der Waals surface area contributed by atoms with E-state index in [4.69, 9.17) is 9.84 Å². The maximum absolute atomic E-state index is 13.2. The van der Waals surface area contributed by atoms with Crippen molar-refractivity contribution in [3.63, 3.8) is 0 Å². The van der Waals surface area contributed by atoms with Crippen LogP contribution in [0.25, 0.3) is 10.9 Å². The van der Waals surface area contributed by atoms with Gasteiger partial charge in [-0.2, -0.15) is 0 Å². The number of carbonyl (C=O) groups excluding carboxylic acids is 1. The zero-order valence-corrected chi connectivity index (χ0v) is 16.5. The number of hydrogen-bond donors (Lipinski definition) is 1. The predicted octanol–water partition coefficient (Wildman–Crippen LogP) is 3.54. The van der Waals surface area contributed by atoms with Crippen LogP contribution in [0.2, 0.25) is 0 Å². The van der Waals surface area contributed by atoms with Gasteiger partial charge in [0.2, 0.25) is 0 Å². The highest BCUT2D eigenvalue weighted by Gasteiger charge is 2.17. The molecule has 0 fully saturated rings. The van der Waals surface area contributed by atoms with E-state index in [0.29, 0.717) is 35.5 Å². The Morgan fingerprint density at radius 1 is 1.13 bits per heavy atom. The van der Waals surface area contributed by atoms with Gasteiger partial charge in [-0.3, -0.25) is 14.2 Å². The van der Waals surface area contributed by atoms with Crippen molar-refractivity contribution in [2.45, 2.75) is 19.9 Å². The summed E-state index contributed by atoms with van der Waals surface area (Å²) in [6.07, 6.45) is 5.24. The number of nitrogens with zero attached hydrogens (tertiary/aromatic N) is 3. The Morgan fingerprint density at radius 3 is 2.63 bits per heavy atom. The molecule has 2 aromatic carbocycles. The highest BCUT2D eigenvalue weighted by atomic mass is 16.5. The van der Waals surface area contributed by atoms with Gasteiger partial charge >= 0.3 is 5.97 Å². The molecule has 0 bridgehead atoms. The number of aliphatic carboxylic acids is 1. The molecule has 0 aliphatic heterocycles. The van der Waals surface area contributed by atoms with Crippen LogP contribution in [0.3, 0.4) is 0 Å². The number of imidazole rings is 1. The molecule has 1 N–H and O–H groups in total. The quantitative estimate of drug-likeness (QED) is 0.510. The van der Waals surface area contributed by atoms with Crippen LogP contribution in [0.4, 0.5) is 0 Å². The number of aromatic nitrogens is 3. The first-order valence-electron chi connectivity index (χ1n) is 9.58. The molecule has 4 aromatic rings. The fourth-order valence-electron chi connectivity index (χ4n) is 3.52.